The third-order valence-corrected chi connectivity index (χ3v) is 3.91. The van der Waals surface area contributed by atoms with Gasteiger partial charge in [-0.2, -0.15) is 0 Å². The summed E-state index contributed by atoms with van der Waals surface area (Å²) >= 11 is 0. The number of anilines is 1. The highest BCUT2D eigenvalue weighted by molar-refractivity contribution is 5.84. The summed E-state index contributed by atoms with van der Waals surface area (Å²) < 4.78 is 0. The summed E-state index contributed by atoms with van der Waals surface area (Å²) in [4.78, 5) is 7.21. The molecule has 0 aliphatic carbocycles. The standard InChI is InChI=1S/C18H23N3/c1-2-10-19-14-15-13-18(21-11-6-3-7-12-21)20-17-9-5-4-8-16(15)17/h3-6,8-9,13,19H,2,7,10-12,14H2,1H3. The van der Waals surface area contributed by atoms with Crippen molar-refractivity contribution in [1.29, 1.82) is 0 Å². The number of hydrogen-bond donors (Lipinski definition) is 1. The van der Waals surface area contributed by atoms with E-state index in [9.17, 15) is 0 Å². The first-order valence-electron chi connectivity index (χ1n) is 7.88. The molecule has 0 fully saturated rings. The normalized spacial score (nSPS) is 14.8. The largest absolute Gasteiger partial charge is 0.353 e. The molecule has 0 radical (unpaired) electrons. The number of para-hydroxylation sites is 1. The molecule has 0 unspecified atom stereocenters. The molecule has 21 heavy (non-hydrogen) atoms. The second-order valence-corrected chi connectivity index (χ2v) is 5.54. The fourth-order valence-electron chi connectivity index (χ4n) is 2.79. The monoisotopic (exact) mass is 281 g/mol. The van der Waals surface area contributed by atoms with Crippen LogP contribution in [-0.2, 0) is 6.54 Å². The van der Waals surface area contributed by atoms with E-state index in [0.29, 0.717) is 0 Å². The molecule has 1 aliphatic heterocycles. The zero-order chi connectivity index (χ0) is 14.5. The number of rotatable bonds is 5. The van der Waals surface area contributed by atoms with E-state index in [1.807, 2.05) is 0 Å². The summed E-state index contributed by atoms with van der Waals surface area (Å²) in [7, 11) is 0. The van der Waals surface area contributed by atoms with Gasteiger partial charge in [-0.25, -0.2) is 4.98 Å². The lowest BCUT2D eigenvalue weighted by molar-refractivity contribution is 0.677. The van der Waals surface area contributed by atoms with Crippen molar-refractivity contribution in [2.24, 2.45) is 0 Å². The number of hydrogen-bond acceptors (Lipinski definition) is 3. The van der Waals surface area contributed by atoms with Crippen LogP contribution in [-0.4, -0.2) is 24.6 Å². The zero-order valence-corrected chi connectivity index (χ0v) is 12.7. The Morgan fingerprint density at radius 3 is 2.95 bits per heavy atom. The van der Waals surface area contributed by atoms with Gasteiger partial charge in [0.1, 0.15) is 5.82 Å². The highest BCUT2D eigenvalue weighted by Crippen LogP contribution is 2.24. The van der Waals surface area contributed by atoms with Crippen molar-refractivity contribution in [3.63, 3.8) is 0 Å². The van der Waals surface area contributed by atoms with Crippen LogP contribution < -0.4 is 10.2 Å². The van der Waals surface area contributed by atoms with E-state index in [0.717, 1.165) is 50.4 Å². The molecule has 2 heterocycles. The number of nitrogens with zero attached hydrogens (tertiary/aromatic N) is 2. The van der Waals surface area contributed by atoms with Crippen molar-refractivity contribution in [3.05, 3.63) is 48.0 Å². The van der Waals surface area contributed by atoms with Gasteiger partial charge in [0.05, 0.1) is 5.52 Å². The van der Waals surface area contributed by atoms with Gasteiger partial charge < -0.3 is 10.2 Å². The Morgan fingerprint density at radius 1 is 1.24 bits per heavy atom. The molecule has 0 saturated heterocycles. The first-order valence-corrected chi connectivity index (χ1v) is 7.88. The van der Waals surface area contributed by atoms with Gasteiger partial charge in [0, 0.05) is 25.0 Å². The van der Waals surface area contributed by atoms with Gasteiger partial charge in [-0.15, -0.1) is 0 Å². The van der Waals surface area contributed by atoms with Crippen molar-refractivity contribution >= 4 is 16.7 Å². The molecule has 0 atom stereocenters. The lowest BCUT2D eigenvalue weighted by atomic mass is 10.1. The molecule has 0 bridgehead atoms. The molecule has 1 aromatic heterocycles. The Morgan fingerprint density at radius 2 is 2.14 bits per heavy atom. The molecule has 1 aromatic carbocycles. The van der Waals surface area contributed by atoms with Crippen LogP contribution in [0.25, 0.3) is 10.9 Å². The molecule has 3 rings (SSSR count). The van der Waals surface area contributed by atoms with E-state index >= 15 is 0 Å². The van der Waals surface area contributed by atoms with Gasteiger partial charge in [0.2, 0.25) is 0 Å². The van der Waals surface area contributed by atoms with Crippen LogP contribution in [0.3, 0.4) is 0 Å². The van der Waals surface area contributed by atoms with E-state index in [1.54, 1.807) is 0 Å². The smallest absolute Gasteiger partial charge is 0.129 e. The van der Waals surface area contributed by atoms with E-state index in [-0.39, 0.29) is 0 Å². The van der Waals surface area contributed by atoms with Crippen LogP contribution in [0, 0.1) is 0 Å². The minimum Gasteiger partial charge on any atom is -0.353 e. The van der Waals surface area contributed by atoms with E-state index in [1.165, 1.54) is 10.9 Å². The molecule has 0 amide bonds. The van der Waals surface area contributed by atoms with Crippen molar-refractivity contribution in [2.45, 2.75) is 26.3 Å². The van der Waals surface area contributed by atoms with Crippen LogP contribution >= 0.6 is 0 Å². The SMILES string of the molecule is CCCNCc1cc(N2CC=CCC2)nc2ccccc12. The summed E-state index contributed by atoms with van der Waals surface area (Å²) in [6.45, 7) is 6.19. The fraction of sp³-hybridized carbons (Fsp3) is 0.389. The quantitative estimate of drug-likeness (QED) is 0.671. The Balaban J connectivity index is 1.95. The maximum absolute atomic E-state index is 4.85. The van der Waals surface area contributed by atoms with Crippen molar-refractivity contribution in [2.75, 3.05) is 24.5 Å². The molecule has 1 aliphatic rings. The minimum absolute atomic E-state index is 0.910. The number of fused-ring (bicyclic) bond motifs is 1. The van der Waals surface area contributed by atoms with Crippen LogP contribution in [0.5, 0.6) is 0 Å². The maximum atomic E-state index is 4.85. The summed E-state index contributed by atoms with van der Waals surface area (Å²) in [5, 5.41) is 4.77. The number of pyridine rings is 1. The summed E-state index contributed by atoms with van der Waals surface area (Å²) in [5.41, 5.74) is 2.44. The molecule has 2 aromatic rings. The van der Waals surface area contributed by atoms with Crippen LogP contribution in [0.2, 0.25) is 0 Å². The van der Waals surface area contributed by atoms with Crippen LogP contribution in [0.4, 0.5) is 5.82 Å². The second kappa shape index (κ2) is 6.72. The highest BCUT2D eigenvalue weighted by Gasteiger charge is 2.12. The predicted molar refractivity (Wildman–Crippen MR) is 89.7 cm³/mol. The molecule has 1 N–H and O–H groups in total. The van der Waals surface area contributed by atoms with E-state index in [4.69, 9.17) is 4.98 Å². The van der Waals surface area contributed by atoms with Gasteiger partial charge in [0.15, 0.2) is 0 Å². The third-order valence-electron chi connectivity index (χ3n) is 3.91. The predicted octanol–water partition coefficient (Wildman–Crippen LogP) is 3.50. The topological polar surface area (TPSA) is 28.2 Å². The summed E-state index contributed by atoms with van der Waals surface area (Å²) in [6, 6.07) is 10.7. The third kappa shape index (κ3) is 3.24. The van der Waals surface area contributed by atoms with Gasteiger partial charge >= 0.3 is 0 Å². The average Bonchev–Trinajstić information content (AvgIpc) is 2.55. The fourth-order valence-corrected chi connectivity index (χ4v) is 2.79. The average molecular weight is 281 g/mol. The summed E-state index contributed by atoms with van der Waals surface area (Å²) in [6.07, 6.45) is 6.75. The van der Waals surface area contributed by atoms with Crippen molar-refractivity contribution in [1.82, 2.24) is 10.3 Å². The lowest BCUT2D eigenvalue weighted by Crippen LogP contribution is -2.28. The Labute approximate surface area is 126 Å². The van der Waals surface area contributed by atoms with Gasteiger partial charge in [-0.05, 0) is 37.1 Å². The molecule has 3 nitrogen and oxygen atoms in total. The van der Waals surface area contributed by atoms with E-state index in [2.05, 4.69) is 59.6 Å². The van der Waals surface area contributed by atoms with Gasteiger partial charge in [0.25, 0.3) is 0 Å². The number of aromatic nitrogens is 1. The highest BCUT2D eigenvalue weighted by atomic mass is 15.2. The molecular weight excluding hydrogens is 258 g/mol. The molecular formula is C18H23N3. The Kier molecular flexibility index (Phi) is 4.51. The minimum atomic E-state index is 0.910. The molecule has 0 spiro atoms. The van der Waals surface area contributed by atoms with Crippen molar-refractivity contribution in [3.8, 4) is 0 Å². The van der Waals surface area contributed by atoms with Gasteiger partial charge in [-0.3, -0.25) is 0 Å². The molecule has 3 heteroatoms. The number of benzene rings is 1. The number of nitrogens with one attached hydrogen (secondary N) is 1. The maximum Gasteiger partial charge on any atom is 0.129 e. The van der Waals surface area contributed by atoms with E-state index < -0.39 is 0 Å². The first-order chi connectivity index (χ1) is 10.4. The first kappa shape index (κ1) is 14.1. The zero-order valence-electron chi connectivity index (χ0n) is 12.7. The van der Waals surface area contributed by atoms with Crippen LogP contribution in [0.15, 0.2) is 42.5 Å². The molecule has 0 saturated carbocycles. The molecule has 110 valence electrons. The second-order valence-electron chi connectivity index (χ2n) is 5.54. The van der Waals surface area contributed by atoms with Crippen LogP contribution in [0.1, 0.15) is 25.3 Å². The Bertz CT molecular complexity index is 633. The summed E-state index contributed by atoms with van der Waals surface area (Å²) in [5.74, 6) is 1.10. The Hall–Kier alpha value is -1.87. The van der Waals surface area contributed by atoms with Crippen molar-refractivity contribution < 1.29 is 0 Å². The van der Waals surface area contributed by atoms with Gasteiger partial charge in [-0.1, -0.05) is 37.3 Å². The lowest BCUT2D eigenvalue weighted by Gasteiger charge is -2.25.